The van der Waals surface area contributed by atoms with Crippen molar-refractivity contribution in [1.29, 1.82) is 0 Å². The molecule has 4 rings (SSSR count). The zero-order valence-corrected chi connectivity index (χ0v) is 17.1. The van der Waals surface area contributed by atoms with Crippen LogP contribution in [0, 0.1) is 6.92 Å². The fraction of sp³-hybridized carbons (Fsp3) is 0.174. The van der Waals surface area contributed by atoms with Crippen molar-refractivity contribution in [3.05, 3.63) is 93.0 Å². The molecule has 6 nitrogen and oxygen atoms in total. The summed E-state index contributed by atoms with van der Waals surface area (Å²) >= 11 is 5.95. The van der Waals surface area contributed by atoms with Crippen molar-refractivity contribution in [3.8, 4) is 5.69 Å². The molecule has 0 unspecified atom stereocenters. The fourth-order valence-electron chi connectivity index (χ4n) is 3.37. The molecular formula is C23H20ClN3O3. The van der Waals surface area contributed by atoms with Gasteiger partial charge in [0.05, 0.1) is 28.8 Å². The minimum absolute atomic E-state index is 0.170. The maximum atomic E-state index is 12.8. The van der Waals surface area contributed by atoms with Crippen molar-refractivity contribution in [2.45, 2.75) is 19.8 Å². The van der Waals surface area contributed by atoms with Crippen molar-refractivity contribution in [3.63, 3.8) is 0 Å². The van der Waals surface area contributed by atoms with Crippen LogP contribution in [0.3, 0.4) is 0 Å². The molecule has 0 spiro atoms. The lowest BCUT2D eigenvalue weighted by molar-refractivity contribution is 0.0500. The predicted molar refractivity (Wildman–Crippen MR) is 116 cm³/mol. The van der Waals surface area contributed by atoms with Gasteiger partial charge in [0.2, 0.25) is 0 Å². The minimum Gasteiger partial charge on any atom is -0.462 e. The van der Waals surface area contributed by atoms with Crippen LogP contribution >= 0.6 is 11.6 Å². The highest BCUT2D eigenvalue weighted by Crippen LogP contribution is 2.20. The number of ether oxygens (including phenoxy) is 1. The van der Waals surface area contributed by atoms with Gasteiger partial charge in [0.1, 0.15) is 0 Å². The number of halogens is 1. The van der Waals surface area contributed by atoms with Gasteiger partial charge in [-0.3, -0.25) is 14.9 Å². The third-order valence-electron chi connectivity index (χ3n) is 4.95. The molecule has 0 saturated heterocycles. The van der Waals surface area contributed by atoms with E-state index in [2.05, 4.69) is 10.1 Å². The highest BCUT2D eigenvalue weighted by Gasteiger charge is 2.15. The molecule has 0 fully saturated rings. The first-order valence-corrected chi connectivity index (χ1v) is 9.99. The molecule has 2 aromatic carbocycles. The number of carbonyl (C=O) groups excluding carboxylic acids is 1. The summed E-state index contributed by atoms with van der Waals surface area (Å²) in [5, 5.41) is 4.32. The summed E-state index contributed by atoms with van der Waals surface area (Å²) in [6.07, 6.45) is 2.84. The highest BCUT2D eigenvalue weighted by molar-refractivity contribution is 6.30. The van der Waals surface area contributed by atoms with Gasteiger partial charge in [0.25, 0.3) is 5.56 Å². The molecule has 0 amide bonds. The summed E-state index contributed by atoms with van der Waals surface area (Å²) in [5.74, 6) is -0.342. The Balaban J connectivity index is 1.53. The molecule has 0 bridgehead atoms. The molecule has 30 heavy (non-hydrogen) atoms. The van der Waals surface area contributed by atoms with E-state index in [0.29, 0.717) is 34.5 Å². The molecule has 7 heteroatoms. The maximum absolute atomic E-state index is 12.8. The molecular weight excluding hydrogens is 402 g/mol. The Hall–Kier alpha value is -3.38. The molecule has 1 N–H and O–H groups in total. The van der Waals surface area contributed by atoms with Crippen LogP contribution in [0.15, 0.2) is 65.6 Å². The van der Waals surface area contributed by atoms with E-state index in [1.54, 1.807) is 54.7 Å². The average molecular weight is 422 g/mol. The van der Waals surface area contributed by atoms with Gasteiger partial charge in [-0.05, 0) is 61.7 Å². The van der Waals surface area contributed by atoms with E-state index in [1.807, 2.05) is 13.0 Å². The summed E-state index contributed by atoms with van der Waals surface area (Å²) < 4.78 is 6.85. The molecule has 0 aliphatic carbocycles. The SMILES string of the molecule is Cc1ncc2c(=O)n(-c3ccc(Cl)cc3)[nH]c2c1CCCOC(=O)c1ccccc1. The summed E-state index contributed by atoms with van der Waals surface area (Å²) in [7, 11) is 0. The van der Waals surface area contributed by atoms with Crippen LogP contribution in [0.2, 0.25) is 5.02 Å². The number of carbonyl (C=O) groups is 1. The third kappa shape index (κ3) is 4.00. The van der Waals surface area contributed by atoms with Gasteiger partial charge in [-0.1, -0.05) is 29.8 Å². The van der Waals surface area contributed by atoms with Crippen LogP contribution in [-0.2, 0) is 11.2 Å². The van der Waals surface area contributed by atoms with Crippen molar-refractivity contribution >= 4 is 28.5 Å². The number of hydrogen-bond acceptors (Lipinski definition) is 4. The first-order chi connectivity index (χ1) is 14.5. The molecule has 2 heterocycles. The number of nitrogens with zero attached hydrogens (tertiary/aromatic N) is 2. The molecule has 152 valence electrons. The summed E-state index contributed by atoms with van der Waals surface area (Å²) in [6.45, 7) is 2.19. The number of aromatic nitrogens is 3. The smallest absolute Gasteiger partial charge is 0.338 e. The van der Waals surface area contributed by atoms with Crippen LogP contribution < -0.4 is 5.56 Å². The van der Waals surface area contributed by atoms with Crippen molar-refractivity contribution in [2.24, 2.45) is 0 Å². The van der Waals surface area contributed by atoms with E-state index in [0.717, 1.165) is 16.8 Å². The second-order valence-electron chi connectivity index (χ2n) is 6.95. The first-order valence-electron chi connectivity index (χ1n) is 9.62. The van der Waals surface area contributed by atoms with Crippen LogP contribution in [0.1, 0.15) is 28.0 Å². The number of nitrogens with one attached hydrogen (secondary N) is 1. The number of aryl methyl sites for hydroxylation is 2. The minimum atomic E-state index is -0.342. The third-order valence-corrected chi connectivity index (χ3v) is 5.20. The number of benzene rings is 2. The average Bonchev–Trinajstić information content (AvgIpc) is 3.10. The number of rotatable bonds is 6. The zero-order valence-electron chi connectivity index (χ0n) is 16.4. The fourth-order valence-corrected chi connectivity index (χ4v) is 3.50. The van der Waals surface area contributed by atoms with Gasteiger partial charge in [-0.2, -0.15) is 0 Å². The number of fused-ring (bicyclic) bond motifs is 1. The predicted octanol–water partition coefficient (Wildman–Crippen LogP) is 4.47. The second-order valence-corrected chi connectivity index (χ2v) is 7.38. The number of aromatic amines is 1. The van der Waals surface area contributed by atoms with E-state index in [9.17, 15) is 9.59 Å². The molecule has 0 saturated carbocycles. The number of pyridine rings is 1. The van der Waals surface area contributed by atoms with Crippen LogP contribution in [-0.4, -0.2) is 27.3 Å². The Labute approximate surface area is 178 Å². The van der Waals surface area contributed by atoms with E-state index in [-0.39, 0.29) is 18.1 Å². The molecule has 0 aliphatic heterocycles. The van der Waals surface area contributed by atoms with Crippen molar-refractivity contribution < 1.29 is 9.53 Å². The Morgan fingerprint density at radius 1 is 1.13 bits per heavy atom. The lowest BCUT2D eigenvalue weighted by Gasteiger charge is -2.08. The monoisotopic (exact) mass is 421 g/mol. The van der Waals surface area contributed by atoms with Crippen LogP contribution in [0.4, 0.5) is 0 Å². The van der Waals surface area contributed by atoms with Crippen LogP contribution in [0.25, 0.3) is 16.6 Å². The van der Waals surface area contributed by atoms with Crippen LogP contribution in [0.5, 0.6) is 0 Å². The van der Waals surface area contributed by atoms with Gasteiger partial charge in [-0.15, -0.1) is 0 Å². The first kappa shape index (κ1) is 19.9. The molecule has 0 aliphatic rings. The van der Waals surface area contributed by atoms with Crippen molar-refractivity contribution in [1.82, 2.24) is 14.8 Å². The van der Waals surface area contributed by atoms with Gasteiger partial charge in [0, 0.05) is 16.9 Å². The van der Waals surface area contributed by atoms with E-state index >= 15 is 0 Å². The Morgan fingerprint density at radius 3 is 2.60 bits per heavy atom. The standard InChI is InChI=1S/C23H20ClN3O3/c1-15-19(8-5-13-30-23(29)16-6-3-2-4-7-16)21-20(14-25-15)22(28)27(26-21)18-11-9-17(24)10-12-18/h2-4,6-7,9-12,14,26H,5,8,13H2,1H3. The number of hydrogen-bond donors (Lipinski definition) is 1. The van der Waals surface area contributed by atoms with Gasteiger partial charge >= 0.3 is 5.97 Å². The summed E-state index contributed by atoms with van der Waals surface area (Å²) in [5.41, 5.74) is 3.57. The van der Waals surface area contributed by atoms with E-state index < -0.39 is 0 Å². The Bertz CT molecular complexity index is 1240. The Morgan fingerprint density at radius 2 is 1.87 bits per heavy atom. The molecule has 0 atom stereocenters. The lowest BCUT2D eigenvalue weighted by atomic mass is 10.1. The lowest BCUT2D eigenvalue weighted by Crippen LogP contribution is -2.14. The van der Waals surface area contributed by atoms with Gasteiger partial charge in [0.15, 0.2) is 0 Å². The van der Waals surface area contributed by atoms with E-state index in [1.165, 1.54) is 4.68 Å². The summed E-state index contributed by atoms with van der Waals surface area (Å²) in [6, 6.07) is 15.9. The molecule has 2 aromatic heterocycles. The largest absolute Gasteiger partial charge is 0.462 e. The molecule has 4 aromatic rings. The second kappa shape index (κ2) is 8.55. The number of esters is 1. The normalized spacial score (nSPS) is 11.0. The van der Waals surface area contributed by atoms with Gasteiger partial charge in [-0.25, -0.2) is 9.48 Å². The molecule has 0 radical (unpaired) electrons. The maximum Gasteiger partial charge on any atom is 0.338 e. The number of H-pyrrole nitrogens is 1. The quantitative estimate of drug-likeness (QED) is 0.368. The zero-order chi connectivity index (χ0) is 21.1. The van der Waals surface area contributed by atoms with Gasteiger partial charge < -0.3 is 4.74 Å². The highest BCUT2D eigenvalue weighted by atomic mass is 35.5. The Kier molecular flexibility index (Phi) is 5.68. The summed E-state index contributed by atoms with van der Waals surface area (Å²) in [4.78, 5) is 29.3. The van der Waals surface area contributed by atoms with Crippen molar-refractivity contribution in [2.75, 3.05) is 6.61 Å². The van der Waals surface area contributed by atoms with E-state index in [4.69, 9.17) is 16.3 Å². The topological polar surface area (TPSA) is 77.0 Å².